The molecule has 0 unspecified atom stereocenters. The third-order valence-electron chi connectivity index (χ3n) is 2.44. The van der Waals surface area contributed by atoms with Crippen molar-refractivity contribution in [2.24, 2.45) is 0 Å². The number of hydrogen-bond acceptors (Lipinski definition) is 5. The monoisotopic (exact) mass is 297 g/mol. The quantitative estimate of drug-likeness (QED) is 0.905. The summed E-state index contributed by atoms with van der Waals surface area (Å²) in [6, 6.07) is 4.99. The lowest BCUT2D eigenvalue weighted by Crippen LogP contribution is -2.13. The summed E-state index contributed by atoms with van der Waals surface area (Å²) in [6.07, 6.45) is -3.04. The molecule has 5 nitrogen and oxygen atoms in total. The summed E-state index contributed by atoms with van der Waals surface area (Å²) in [4.78, 5) is 4.12. The minimum absolute atomic E-state index is 0.121. The van der Waals surface area contributed by atoms with Crippen molar-refractivity contribution in [2.45, 2.75) is 26.1 Å². The van der Waals surface area contributed by atoms with E-state index in [9.17, 15) is 13.2 Å². The number of alkyl halides is 3. The fourth-order valence-corrected chi connectivity index (χ4v) is 1.60. The molecule has 1 aromatic heterocycles. The maximum atomic E-state index is 12.6. The van der Waals surface area contributed by atoms with Gasteiger partial charge >= 0.3 is 6.18 Å². The van der Waals surface area contributed by atoms with Gasteiger partial charge in [0.15, 0.2) is 5.82 Å². The number of benzene rings is 1. The molecule has 0 aliphatic heterocycles. The van der Waals surface area contributed by atoms with Crippen LogP contribution in [-0.4, -0.2) is 21.2 Å². The number of rotatable bonds is 4. The SMILES string of the molecule is CC(C)Nc1nncc(Nc2cccc(C(F)(F)F)c2)n1. The summed E-state index contributed by atoms with van der Waals surface area (Å²) < 4.78 is 37.9. The first-order chi connectivity index (χ1) is 9.84. The van der Waals surface area contributed by atoms with E-state index >= 15 is 0 Å². The Morgan fingerprint density at radius 1 is 1.19 bits per heavy atom. The molecule has 0 fully saturated rings. The van der Waals surface area contributed by atoms with Crippen molar-refractivity contribution >= 4 is 17.5 Å². The maximum absolute atomic E-state index is 12.6. The zero-order chi connectivity index (χ0) is 15.5. The topological polar surface area (TPSA) is 62.7 Å². The maximum Gasteiger partial charge on any atom is 0.416 e. The van der Waals surface area contributed by atoms with Crippen molar-refractivity contribution in [3.8, 4) is 0 Å². The summed E-state index contributed by atoms with van der Waals surface area (Å²) >= 11 is 0. The Bertz CT molecular complexity index is 613. The Morgan fingerprint density at radius 2 is 1.95 bits per heavy atom. The van der Waals surface area contributed by atoms with Crippen molar-refractivity contribution in [1.29, 1.82) is 0 Å². The molecule has 0 spiro atoms. The van der Waals surface area contributed by atoms with Crippen LogP contribution < -0.4 is 10.6 Å². The van der Waals surface area contributed by atoms with Gasteiger partial charge in [-0.3, -0.25) is 0 Å². The lowest BCUT2D eigenvalue weighted by molar-refractivity contribution is -0.137. The molecule has 2 N–H and O–H groups in total. The molecule has 21 heavy (non-hydrogen) atoms. The lowest BCUT2D eigenvalue weighted by Gasteiger charge is -2.11. The van der Waals surface area contributed by atoms with Crippen molar-refractivity contribution < 1.29 is 13.2 Å². The first-order valence-electron chi connectivity index (χ1n) is 6.25. The van der Waals surface area contributed by atoms with Gasteiger partial charge in [-0.05, 0) is 32.0 Å². The van der Waals surface area contributed by atoms with Crippen molar-refractivity contribution in [1.82, 2.24) is 15.2 Å². The Hall–Kier alpha value is -2.38. The molecule has 0 aliphatic carbocycles. The van der Waals surface area contributed by atoms with Crippen LogP contribution in [-0.2, 0) is 6.18 Å². The molecule has 0 atom stereocenters. The normalized spacial score (nSPS) is 11.5. The molecule has 2 rings (SSSR count). The summed E-state index contributed by atoms with van der Waals surface area (Å²) in [5.41, 5.74) is -0.448. The largest absolute Gasteiger partial charge is 0.416 e. The molecular weight excluding hydrogens is 283 g/mol. The summed E-state index contributed by atoms with van der Waals surface area (Å²) in [5.74, 6) is 0.620. The first kappa shape index (κ1) is 15.0. The van der Waals surface area contributed by atoms with Crippen LogP contribution in [0.2, 0.25) is 0 Å². The fraction of sp³-hybridized carbons (Fsp3) is 0.308. The Labute approximate surface area is 119 Å². The number of nitrogens with one attached hydrogen (secondary N) is 2. The molecule has 0 amide bonds. The number of halogens is 3. The molecule has 112 valence electrons. The van der Waals surface area contributed by atoms with Gasteiger partial charge in [-0.15, -0.1) is 5.10 Å². The molecule has 0 bridgehead atoms. The molecule has 8 heteroatoms. The van der Waals surface area contributed by atoms with Crippen LogP contribution in [0.25, 0.3) is 0 Å². The second kappa shape index (κ2) is 5.94. The van der Waals surface area contributed by atoms with Crippen LogP contribution in [0.5, 0.6) is 0 Å². The molecule has 0 saturated carbocycles. The molecule has 1 heterocycles. The third kappa shape index (κ3) is 4.30. The van der Waals surface area contributed by atoms with Gasteiger partial charge in [-0.25, -0.2) is 0 Å². The Kier molecular flexibility index (Phi) is 4.25. The smallest absolute Gasteiger partial charge is 0.351 e. The van der Waals surface area contributed by atoms with E-state index in [1.54, 1.807) is 0 Å². The Morgan fingerprint density at radius 3 is 2.62 bits per heavy atom. The van der Waals surface area contributed by atoms with Gasteiger partial charge in [0, 0.05) is 11.7 Å². The number of anilines is 3. The summed E-state index contributed by atoms with van der Waals surface area (Å²) in [6.45, 7) is 3.83. The summed E-state index contributed by atoms with van der Waals surface area (Å²) in [5, 5.41) is 13.3. The third-order valence-corrected chi connectivity index (χ3v) is 2.44. The molecule has 0 saturated heterocycles. The fourth-order valence-electron chi connectivity index (χ4n) is 1.60. The Balaban J connectivity index is 2.18. The van der Waals surface area contributed by atoms with E-state index < -0.39 is 11.7 Å². The highest BCUT2D eigenvalue weighted by molar-refractivity contribution is 5.57. The van der Waals surface area contributed by atoms with Crippen molar-refractivity contribution in [2.75, 3.05) is 10.6 Å². The zero-order valence-electron chi connectivity index (χ0n) is 11.4. The van der Waals surface area contributed by atoms with E-state index in [4.69, 9.17) is 0 Å². The minimum Gasteiger partial charge on any atom is -0.351 e. The summed E-state index contributed by atoms with van der Waals surface area (Å²) in [7, 11) is 0. The molecule has 2 aromatic rings. The van der Waals surface area contributed by atoms with Crippen LogP contribution >= 0.6 is 0 Å². The number of aromatic nitrogens is 3. The van der Waals surface area contributed by atoms with Crippen LogP contribution in [0.3, 0.4) is 0 Å². The average molecular weight is 297 g/mol. The van der Waals surface area contributed by atoms with Gasteiger partial charge in [0.2, 0.25) is 5.95 Å². The predicted octanol–water partition coefficient (Wildman–Crippen LogP) is 3.45. The van der Waals surface area contributed by atoms with Crippen LogP contribution in [0.15, 0.2) is 30.5 Å². The molecule has 0 aliphatic rings. The van der Waals surface area contributed by atoms with Gasteiger partial charge in [-0.1, -0.05) is 6.07 Å². The van der Waals surface area contributed by atoms with Crippen LogP contribution in [0.1, 0.15) is 19.4 Å². The number of nitrogens with zero attached hydrogens (tertiary/aromatic N) is 3. The van der Waals surface area contributed by atoms with E-state index in [2.05, 4.69) is 25.8 Å². The highest BCUT2D eigenvalue weighted by Gasteiger charge is 2.30. The average Bonchev–Trinajstić information content (AvgIpc) is 2.37. The molecule has 1 aromatic carbocycles. The van der Waals surface area contributed by atoms with Gasteiger partial charge in [0.1, 0.15) is 0 Å². The first-order valence-corrected chi connectivity index (χ1v) is 6.25. The van der Waals surface area contributed by atoms with Gasteiger partial charge in [0.05, 0.1) is 11.8 Å². The second-order valence-electron chi connectivity index (χ2n) is 4.67. The zero-order valence-corrected chi connectivity index (χ0v) is 11.4. The minimum atomic E-state index is -4.38. The van der Waals surface area contributed by atoms with Crippen molar-refractivity contribution in [3.63, 3.8) is 0 Å². The number of hydrogen-bond donors (Lipinski definition) is 2. The van der Waals surface area contributed by atoms with E-state index in [0.717, 1.165) is 12.1 Å². The lowest BCUT2D eigenvalue weighted by atomic mass is 10.2. The van der Waals surface area contributed by atoms with Gasteiger partial charge in [-0.2, -0.15) is 23.3 Å². The molecular formula is C13H14F3N5. The highest BCUT2D eigenvalue weighted by Crippen LogP contribution is 2.31. The van der Waals surface area contributed by atoms with E-state index in [-0.39, 0.29) is 11.7 Å². The van der Waals surface area contributed by atoms with Crippen LogP contribution in [0.4, 0.5) is 30.6 Å². The van der Waals surface area contributed by atoms with E-state index in [1.165, 1.54) is 18.3 Å². The molecule has 0 radical (unpaired) electrons. The second-order valence-corrected chi connectivity index (χ2v) is 4.67. The van der Waals surface area contributed by atoms with Crippen molar-refractivity contribution in [3.05, 3.63) is 36.0 Å². The van der Waals surface area contributed by atoms with Crippen LogP contribution in [0, 0.1) is 0 Å². The highest BCUT2D eigenvalue weighted by atomic mass is 19.4. The van der Waals surface area contributed by atoms with E-state index in [1.807, 2.05) is 13.8 Å². The predicted molar refractivity (Wildman–Crippen MR) is 73.3 cm³/mol. The van der Waals surface area contributed by atoms with E-state index in [0.29, 0.717) is 11.8 Å². The van der Waals surface area contributed by atoms with Gasteiger partial charge < -0.3 is 10.6 Å². The van der Waals surface area contributed by atoms with Gasteiger partial charge in [0.25, 0.3) is 0 Å². The standard InChI is InChI=1S/C13H14F3N5/c1-8(2)18-12-20-11(7-17-21-12)19-10-5-3-4-9(6-10)13(14,15)16/h3-8H,1-2H3,(H2,18,19,20,21).